The Morgan fingerprint density at radius 1 is 1.33 bits per heavy atom. The maximum Gasteiger partial charge on any atom is 0.220 e. The molecule has 1 aliphatic rings. The zero-order valence-electron chi connectivity index (χ0n) is 10.7. The van der Waals surface area contributed by atoms with E-state index in [1.807, 2.05) is 0 Å². The Balaban J connectivity index is 2.25. The summed E-state index contributed by atoms with van der Waals surface area (Å²) in [7, 11) is -3.08. The zero-order valence-corrected chi connectivity index (χ0v) is 13.1. The average Bonchev–Trinajstić information content (AvgIpc) is 2.29. The molecule has 0 unspecified atom stereocenters. The number of piperidine rings is 1. The second-order valence-electron chi connectivity index (χ2n) is 4.65. The van der Waals surface area contributed by atoms with E-state index in [1.54, 1.807) is 0 Å². The van der Waals surface area contributed by atoms with E-state index in [-0.39, 0.29) is 11.9 Å². The molecule has 0 spiro atoms. The number of unbranched alkanes of at least 4 members (excludes halogenated alkanes) is 1. The standard InChI is InChI=1S/C11H21BrN2O3S/c1-18(16,17)14-8-5-10(6-9-14)13-11(15)4-2-3-7-12/h10H,2-9H2,1H3,(H,13,15). The van der Waals surface area contributed by atoms with Crippen LogP contribution in [0, 0.1) is 0 Å². The van der Waals surface area contributed by atoms with Gasteiger partial charge in [0.2, 0.25) is 15.9 Å². The van der Waals surface area contributed by atoms with Crippen molar-refractivity contribution in [1.29, 1.82) is 0 Å². The Morgan fingerprint density at radius 2 is 1.94 bits per heavy atom. The summed E-state index contributed by atoms with van der Waals surface area (Å²) in [5, 5.41) is 3.90. The van der Waals surface area contributed by atoms with Gasteiger partial charge in [0.1, 0.15) is 0 Å². The first-order chi connectivity index (χ1) is 8.43. The Labute approximate surface area is 117 Å². The van der Waals surface area contributed by atoms with Gasteiger partial charge in [0.05, 0.1) is 6.26 Å². The fraction of sp³-hybridized carbons (Fsp3) is 0.909. The molecule has 0 aromatic carbocycles. The van der Waals surface area contributed by atoms with Gasteiger partial charge in [-0.2, -0.15) is 0 Å². The highest BCUT2D eigenvalue weighted by molar-refractivity contribution is 9.09. The van der Waals surface area contributed by atoms with Crippen molar-refractivity contribution in [1.82, 2.24) is 9.62 Å². The molecule has 1 heterocycles. The zero-order chi connectivity index (χ0) is 13.6. The molecule has 0 aromatic heterocycles. The maximum absolute atomic E-state index is 11.6. The van der Waals surface area contributed by atoms with E-state index in [0.29, 0.717) is 32.4 Å². The summed E-state index contributed by atoms with van der Waals surface area (Å²) in [4.78, 5) is 11.6. The monoisotopic (exact) mass is 340 g/mol. The number of hydrogen-bond acceptors (Lipinski definition) is 3. The summed E-state index contributed by atoms with van der Waals surface area (Å²) in [5.74, 6) is 0.0776. The van der Waals surface area contributed by atoms with Crippen LogP contribution < -0.4 is 5.32 Å². The first-order valence-electron chi connectivity index (χ1n) is 6.24. The largest absolute Gasteiger partial charge is 0.353 e. The van der Waals surface area contributed by atoms with Crippen molar-refractivity contribution in [3.8, 4) is 0 Å². The Bertz CT molecular complexity index is 364. The van der Waals surface area contributed by atoms with Gasteiger partial charge in [-0.1, -0.05) is 15.9 Å². The van der Waals surface area contributed by atoms with Gasteiger partial charge in [-0.05, 0) is 25.7 Å². The van der Waals surface area contributed by atoms with Crippen LogP contribution in [0.25, 0.3) is 0 Å². The van der Waals surface area contributed by atoms with E-state index in [1.165, 1.54) is 10.6 Å². The summed E-state index contributed by atoms with van der Waals surface area (Å²) < 4.78 is 24.1. The molecule has 0 aliphatic carbocycles. The second kappa shape index (κ2) is 7.45. The number of hydrogen-bond donors (Lipinski definition) is 1. The van der Waals surface area contributed by atoms with Crippen molar-refractivity contribution >= 4 is 31.9 Å². The van der Waals surface area contributed by atoms with E-state index in [0.717, 1.165) is 18.2 Å². The highest BCUT2D eigenvalue weighted by Crippen LogP contribution is 2.13. The summed E-state index contributed by atoms with van der Waals surface area (Å²) in [6, 6.07) is 0.125. The van der Waals surface area contributed by atoms with Crippen molar-refractivity contribution in [2.45, 2.75) is 38.1 Å². The molecule has 0 atom stereocenters. The van der Waals surface area contributed by atoms with Crippen molar-refractivity contribution in [2.24, 2.45) is 0 Å². The van der Waals surface area contributed by atoms with Crippen molar-refractivity contribution in [2.75, 3.05) is 24.7 Å². The molecule has 5 nitrogen and oxygen atoms in total. The van der Waals surface area contributed by atoms with Crippen LogP contribution in [0.15, 0.2) is 0 Å². The van der Waals surface area contributed by atoms with Gasteiger partial charge >= 0.3 is 0 Å². The molecule has 106 valence electrons. The minimum Gasteiger partial charge on any atom is -0.353 e. The van der Waals surface area contributed by atoms with Gasteiger partial charge < -0.3 is 5.32 Å². The lowest BCUT2D eigenvalue weighted by molar-refractivity contribution is -0.122. The fourth-order valence-corrected chi connectivity index (χ4v) is 3.28. The third kappa shape index (κ3) is 5.67. The van der Waals surface area contributed by atoms with Crippen LogP contribution in [0.4, 0.5) is 0 Å². The van der Waals surface area contributed by atoms with E-state index < -0.39 is 10.0 Å². The third-order valence-electron chi connectivity index (χ3n) is 3.08. The number of sulfonamides is 1. The number of carbonyl (C=O) groups is 1. The highest BCUT2D eigenvalue weighted by Gasteiger charge is 2.25. The molecule has 1 fully saturated rings. The molecule has 0 bridgehead atoms. The maximum atomic E-state index is 11.6. The summed E-state index contributed by atoms with van der Waals surface area (Å²) in [6.45, 7) is 1.01. The van der Waals surface area contributed by atoms with Crippen LogP contribution in [0.5, 0.6) is 0 Å². The van der Waals surface area contributed by atoms with Crippen LogP contribution in [-0.4, -0.2) is 49.3 Å². The Hall–Kier alpha value is -0.140. The van der Waals surface area contributed by atoms with Crippen LogP contribution in [0.1, 0.15) is 32.1 Å². The number of rotatable bonds is 6. The topological polar surface area (TPSA) is 66.5 Å². The van der Waals surface area contributed by atoms with E-state index >= 15 is 0 Å². The van der Waals surface area contributed by atoms with Crippen LogP contribution in [0.3, 0.4) is 0 Å². The van der Waals surface area contributed by atoms with Gasteiger partial charge in [-0.15, -0.1) is 0 Å². The van der Waals surface area contributed by atoms with Gasteiger partial charge in [-0.3, -0.25) is 4.79 Å². The van der Waals surface area contributed by atoms with E-state index in [4.69, 9.17) is 0 Å². The highest BCUT2D eigenvalue weighted by atomic mass is 79.9. The molecule has 1 aliphatic heterocycles. The average molecular weight is 341 g/mol. The number of carbonyl (C=O) groups excluding carboxylic acids is 1. The fourth-order valence-electron chi connectivity index (χ4n) is 2.01. The lowest BCUT2D eigenvalue weighted by atomic mass is 10.1. The van der Waals surface area contributed by atoms with Gasteiger partial charge in [0.25, 0.3) is 0 Å². The Morgan fingerprint density at radius 3 is 2.44 bits per heavy atom. The number of nitrogens with one attached hydrogen (secondary N) is 1. The molecular formula is C11H21BrN2O3S. The van der Waals surface area contributed by atoms with E-state index in [2.05, 4.69) is 21.2 Å². The first kappa shape index (κ1) is 15.9. The minimum absolute atomic E-state index is 0.0776. The normalized spacial score (nSPS) is 18.8. The predicted octanol–water partition coefficient (Wildman–Crippen LogP) is 1.09. The number of nitrogens with zero attached hydrogens (tertiary/aromatic N) is 1. The van der Waals surface area contributed by atoms with Crippen LogP contribution >= 0.6 is 15.9 Å². The molecule has 0 aromatic rings. The van der Waals surface area contributed by atoms with Crippen LogP contribution in [-0.2, 0) is 14.8 Å². The molecule has 1 N–H and O–H groups in total. The third-order valence-corrected chi connectivity index (χ3v) is 4.94. The molecule has 1 amide bonds. The lowest BCUT2D eigenvalue weighted by Gasteiger charge is -2.30. The van der Waals surface area contributed by atoms with Gasteiger partial charge in [0, 0.05) is 30.9 Å². The number of halogens is 1. The quantitative estimate of drug-likeness (QED) is 0.581. The first-order valence-corrected chi connectivity index (χ1v) is 9.21. The molecule has 1 rings (SSSR count). The molecule has 7 heteroatoms. The number of amides is 1. The van der Waals surface area contributed by atoms with Crippen molar-refractivity contribution in [3.05, 3.63) is 0 Å². The van der Waals surface area contributed by atoms with Crippen LogP contribution in [0.2, 0.25) is 0 Å². The molecule has 1 saturated heterocycles. The summed E-state index contributed by atoms with van der Waals surface area (Å²) >= 11 is 3.33. The minimum atomic E-state index is -3.08. The summed E-state index contributed by atoms with van der Waals surface area (Å²) in [5.41, 5.74) is 0. The summed E-state index contributed by atoms with van der Waals surface area (Å²) in [6.07, 6.45) is 5.08. The molecular weight excluding hydrogens is 320 g/mol. The Kier molecular flexibility index (Phi) is 6.59. The van der Waals surface area contributed by atoms with Gasteiger partial charge in [0.15, 0.2) is 0 Å². The van der Waals surface area contributed by atoms with E-state index in [9.17, 15) is 13.2 Å². The number of alkyl halides is 1. The SMILES string of the molecule is CS(=O)(=O)N1CCC(NC(=O)CCCCBr)CC1. The molecule has 0 radical (unpaired) electrons. The molecule has 18 heavy (non-hydrogen) atoms. The predicted molar refractivity (Wildman–Crippen MR) is 75.2 cm³/mol. The smallest absolute Gasteiger partial charge is 0.220 e. The second-order valence-corrected chi connectivity index (χ2v) is 7.43. The van der Waals surface area contributed by atoms with Crippen molar-refractivity contribution < 1.29 is 13.2 Å². The molecule has 0 saturated carbocycles. The lowest BCUT2D eigenvalue weighted by Crippen LogP contribution is -2.46. The van der Waals surface area contributed by atoms with Crippen molar-refractivity contribution in [3.63, 3.8) is 0 Å². The van der Waals surface area contributed by atoms with Gasteiger partial charge in [-0.25, -0.2) is 12.7 Å².